The van der Waals surface area contributed by atoms with Crippen molar-refractivity contribution in [3.05, 3.63) is 60.6 Å². The van der Waals surface area contributed by atoms with Crippen molar-refractivity contribution in [1.29, 1.82) is 0 Å². The maximum atomic E-state index is 12.2. The number of rotatable bonds is 5. The number of para-hydroxylation sites is 3. The molecular formula is C19H19N5O. The van der Waals surface area contributed by atoms with E-state index in [-0.39, 0.29) is 12.5 Å². The first kappa shape index (κ1) is 15.4. The van der Waals surface area contributed by atoms with Crippen LogP contribution < -0.4 is 5.32 Å². The van der Waals surface area contributed by atoms with Crippen LogP contribution in [0.1, 0.15) is 5.82 Å². The molecule has 1 amide bonds. The third-order valence-electron chi connectivity index (χ3n) is 4.35. The van der Waals surface area contributed by atoms with Gasteiger partial charge in [0.1, 0.15) is 12.4 Å². The zero-order chi connectivity index (χ0) is 17.2. The van der Waals surface area contributed by atoms with Gasteiger partial charge in [-0.15, -0.1) is 0 Å². The number of benzene rings is 2. The Kier molecular flexibility index (Phi) is 3.93. The van der Waals surface area contributed by atoms with Crippen molar-refractivity contribution in [2.45, 2.75) is 20.0 Å². The molecule has 6 nitrogen and oxygen atoms in total. The van der Waals surface area contributed by atoms with E-state index in [1.807, 2.05) is 55.5 Å². The molecule has 0 radical (unpaired) electrons. The molecule has 2 aromatic carbocycles. The molecule has 4 aromatic rings. The minimum Gasteiger partial charge on any atom is -0.353 e. The third-order valence-corrected chi connectivity index (χ3v) is 4.35. The molecule has 25 heavy (non-hydrogen) atoms. The highest BCUT2D eigenvalue weighted by molar-refractivity contribution is 5.82. The van der Waals surface area contributed by atoms with E-state index >= 15 is 0 Å². The molecule has 2 heterocycles. The van der Waals surface area contributed by atoms with E-state index in [0.29, 0.717) is 13.1 Å². The summed E-state index contributed by atoms with van der Waals surface area (Å²) in [6, 6.07) is 15.9. The van der Waals surface area contributed by atoms with Crippen molar-refractivity contribution in [2.75, 3.05) is 6.54 Å². The minimum absolute atomic E-state index is 0.0454. The van der Waals surface area contributed by atoms with Crippen LogP contribution in [0, 0.1) is 6.92 Å². The normalized spacial score (nSPS) is 11.2. The molecule has 0 bridgehead atoms. The molecule has 0 aliphatic carbocycles. The second-order valence-electron chi connectivity index (χ2n) is 6.01. The van der Waals surface area contributed by atoms with Crippen molar-refractivity contribution in [1.82, 2.24) is 24.6 Å². The van der Waals surface area contributed by atoms with Gasteiger partial charge in [0.05, 0.1) is 22.7 Å². The van der Waals surface area contributed by atoms with Gasteiger partial charge in [-0.3, -0.25) is 9.48 Å². The number of nitrogens with zero attached hydrogens (tertiary/aromatic N) is 4. The molecule has 0 aliphatic rings. The lowest BCUT2D eigenvalue weighted by atomic mass is 10.2. The average molecular weight is 333 g/mol. The number of imidazole rings is 1. The van der Waals surface area contributed by atoms with Crippen LogP contribution in [0.4, 0.5) is 0 Å². The van der Waals surface area contributed by atoms with Crippen molar-refractivity contribution >= 4 is 27.8 Å². The predicted molar refractivity (Wildman–Crippen MR) is 97.2 cm³/mol. The Labute approximate surface area is 145 Å². The Hall–Kier alpha value is -3.15. The topological polar surface area (TPSA) is 64.7 Å². The molecule has 6 heteroatoms. The van der Waals surface area contributed by atoms with Gasteiger partial charge >= 0.3 is 0 Å². The van der Waals surface area contributed by atoms with Gasteiger partial charge in [0, 0.05) is 18.5 Å². The number of aromatic nitrogens is 4. The molecule has 2 aromatic heterocycles. The second-order valence-corrected chi connectivity index (χ2v) is 6.01. The number of carbonyl (C=O) groups is 1. The first-order valence-electron chi connectivity index (χ1n) is 8.31. The maximum Gasteiger partial charge on any atom is 0.241 e. The smallest absolute Gasteiger partial charge is 0.241 e. The van der Waals surface area contributed by atoms with E-state index in [9.17, 15) is 4.79 Å². The van der Waals surface area contributed by atoms with Gasteiger partial charge in [-0.05, 0) is 25.1 Å². The van der Waals surface area contributed by atoms with E-state index in [1.54, 1.807) is 10.9 Å². The zero-order valence-corrected chi connectivity index (χ0v) is 14.0. The quantitative estimate of drug-likeness (QED) is 0.610. The Balaban J connectivity index is 1.40. The van der Waals surface area contributed by atoms with Crippen LogP contribution in [0.15, 0.2) is 54.7 Å². The number of aryl methyl sites for hydroxylation is 1. The van der Waals surface area contributed by atoms with Crippen molar-refractivity contribution in [2.24, 2.45) is 0 Å². The fourth-order valence-corrected chi connectivity index (χ4v) is 3.13. The highest BCUT2D eigenvalue weighted by Gasteiger charge is 2.09. The van der Waals surface area contributed by atoms with Crippen molar-refractivity contribution < 1.29 is 4.79 Å². The Morgan fingerprint density at radius 2 is 1.84 bits per heavy atom. The van der Waals surface area contributed by atoms with Gasteiger partial charge in [0.2, 0.25) is 5.91 Å². The average Bonchev–Trinajstić information content (AvgIpc) is 3.16. The summed E-state index contributed by atoms with van der Waals surface area (Å²) in [6.45, 7) is 3.45. The van der Waals surface area contributed by atoms with Gasteiger partial charge in [0.25, 0.3) is 0 Å². The number of hydrogen-bond acceptors (Lipinski definition) is 3. The number of carbonyl (C=O) groups excluding carboxylic acids is 1. The molecule has 0 atom stereocenters. The van der Waals surface area contributed by atoms with Crippen LogP contribution in [-0.4, -0.2) is 31.8 Å². The minimum atomic E-state index is -0.0454. The third kappa shape index (κ3) is 2.98. The van der Waals surface area contributed by atoms with Crippen LogP contribution in [0.2, 0.25) is 0 Å². The molecule has 0 spiro atoms. The van der Waals surface area contributed by atoms with Gasteiger partial charge in [-0.1, -0.05) is 30.3 Å². The summed E-state index contributed by atoms with van der Waals surface area (Å²) >= 11 is 0. The number of amides is 1. The lowest BCUT2D eigenvalue weighted by molar-refractivity contribution is -0.121. The van der Waals surface area contributed by atoms with Crippen LogP contribution in [0.5, 0.6) is 0 Å². The van der Waals surface area contributed by atoms with Crippen LogP contribution in [-0.2, 0) is 17.9 Å². The Bertz CT molecular complexity index is 1050. The van der Waals surface area contributed by atoms with Gasteiger partial charge in [0.15, 0.2) is 0 Å². The van der Waals surface area contributed by atoms with Gasteiger partial charge < -0.3 is 9.88 Å². The molecule has 4 rings (SSSR count). The van der Waals surface area contributed by atoms with Crippen molar-refractivity contribution in [3.63, 3.8) is 0 Å². The standard InChI is InChI=1S/C19H19N5O/c1-14-22-16-7-3-5-9-18(16)23(14)11-10-20-19(25)13-24-17-8-4-2-6-15(17)12-21-24/h2-9,12H,10-11,13H2,1H3,(H,20,25). The summed E-state index contributed by atoms with van der Waals surface area (Å²) in [4.78, 5) is 16.8. The van der Waals surface area contributed by atoms with Gasteiger partial charge in [-0.2, -0.15) is 5.10 Å². The SMILES string of the molecule is Cc1nc2ccccc2n1CCNC(=O)Cn1ncc2ccccc21. The van der Waals surface area contributed by atoms with Crippen LogP contribution in [0.25, 0.3) is 21.9 Å². The van der Waals surface area contributed by atoms with Crippen LogP contribution >= 0.6 is 0 Å². The fraction of sp³-hybridized carbons (Fsp3) is 0.211. The summed E-state index contributed by atoms with van der Waals surface area (Å²) in [7, 11) is 0. The molecule has 0 aliphatic heterocycles. The fourth-order valence-electron chi connectivity index (χ4n) is 3.13. The lowest BCUT2D eigenvalue weighted by Crippen LogP contribution is -2.30. The number of hydrogen-bond donors (Lipinski definition) is 1. The largest absolute Gasteiger partial charge is 0.353 e. The molecule has 1 N–H and O–H groups in total. The predicted octanol–water partition coefficient (Wildman–Crippen LogP) is 2.51. The molecule has 0 fully saturated rings. The summed E-state index contributed by atoms with van der Waals surface area (Å²) in [5.41, 5.74) is 3.04. The molecule has 126 valence electrons. The second kappa shape index (κ2) is 6.39. The lowest BCUT2D eigenvalue weighted by Gasteiger charge is -2.09. The maximum absolute atomic E-state index is 12.2. The van der Waals surface area contributed by atoms with E-state index in [1.165, 1.54) is 0 Å². The Morgan fingerprint density at radius 1 is 1.08 bits per heavy atom. The van der Waals surface area contributed by atoms with E-state index in [4.69, 9.17) is 0 Å². The Morgan fingerprint density at radius 3 is 2.72 bits per heavy atom. The summed E-state index contributed by atoms with van der Waals surface area (Å²) < 4.78 is 3.85. The highest BCUT2D eigenvalue weighted by Crippen LogP contribution is 2.15. The molecule has 0 saturated heterocycles. The number of nitrogens with one attached hydrogen (secondary N) is 1. The van der Waals surface area contributed by atoms with E-state index in [0.717, 1.165) is 27.8 Å². The molecule has 0 unspecified atom stereocenters. The summed E-state index contributed by atoms with van der Waals surface area (Å²) in [6.07, 6.45) is 1.78. The van der Waals surface area contributed by atoms with Crippen molar-refractivity contribution in [3.8, 4) is 0 Å². The van der Waals surface area contributed by atoms with Crippen LogP contribution in [0.3, 0.4) is 0 Å². The zero-order valence-electron chi connectivity index (χ0n) is 14.0. The van der Waals surface area contributed by atoms with Gasteiger partial charge in [-0.25, -0.2) is 4.98 Å². The highest BCUT2D eigenvalue weighted by atomic mass is 16.2. The monoisotopic (exact) mass is 333 g/mol. The first-order valence-corrected chi connectivity index (χ1v) is 8.31. The summed E-state index contributed by atoms with van der Waals surface area (Å²) in [5.74, 6) is 0.907. The number of fused-ring (bicyclic) bond motifs is 2. The first-order chi connectivity index (χ1) is 12.2. The molecule has 0 saturated carbocycles. The molecular weight excluding hydrogens is 314 g/mol. The van der Waals surface area contributed by atoms with E-state index < -0.39 is 0 Å². The summed E-state index contributed by atoms with van der Waals surface area (Å²) in [5, 5.41) is 8.29. The van der Waals surface area contributed by atoms with E-state index in [2.05, 4.69) is 20.0 Å².